The minimum atomic E-state index is -1.15. The molecule has 11 heteroatoms. The number of amides is 3. The smallest absolute Gasteiger partial charge is 0.308 e. The van der Waals surface area contributed by atoms with E-state index in [1.807, 2.05) is 19.1 Å². The van der Waals surface area contributed by atoms with E-state index < -0.39 is 40.3 Å². The number of benzene rings is 3. The summed E-state index contributed by atoms with van der Waals surface area (Å²) in [6.07, 6.45) is -0.280. The first kappa shape index (κ1) is 26.5. The molecule has 0 bridgehead atoms. The number of hydrogen-bond acceptors (Lipinski definition) is 7. The Labute approximate surface area is 222 Å². The summed E-state index contributed by atoms with van der Waals surface area (Å²) in [5.74, 6) is -2.08. The molecule has 1 saturated heterocycles. The predicted octanol–water partition coefficient (Wildman–Crippen LogP) is 4.46. The van der Waals surface area contributed by atoms with Crippen LogP contribution < -0.4 is 9.64 Å². The van der Waals surface area contributed by atoms with Gasteiger partial charge in [0.2, 0.25) is 5.91 Å². The maximum Gasteiger partial charge on any atom is 0.308 e. The third-order valence-electron chi connectivity index (χ3n) is 5.98. The SMILES string of the molecule is CC(=O)Oc1ccc(N2C(=O)CC(N(Cc3ccc(C)cc3)C(=O)c3ccc(Cl)c([N+](=O)[O-])c3)C2=O)cc1. The Kier molecular flexibility index (Phi) is 7.54. The average molecular weight is 536 g/mol. The highest BCUT2D eigenvalue weighted by atomic mass is 35.5. The molecule has 0 saturated carbocycles. The lowest BCUT2D eigenvalue weighted by Crippen LogP contribution is -2.45. The third-order valence-corrected chi connectivity index (χ3v) is 6.30. The summed E-state index contributed by atoms with van der Waals surface area (Å²) in [5.41, 5.74) is 1.46. The van der Waals surface area contributed by atoms with Crippen LogP contribution in [0.5, 0.6) is 5.75 Å². The van der Waals surface area contributed by atoms with Crippen molar-refractivity contribution in [2.45, 2.75) is 32.9 Å². The molecule has 1 heterocycles. The van der Waals surface area contributed by atoms with Crippen molar-refractivity contribution >= 4 is 46.7 Å². The zero-order valence-electron chi connectivity index (χ0n) is 20.4. The summed E-state index contributed by atoms with van der Waals surface area (Å²) in [7, 11) is 0. The molecule has 1 atom stereocenters. The molecule has 0 spiro atoms. The van der Waals surface area contributed by atoms with Gasteiger partial charge in [-0.3, -0.25) is 29.3 Å². The average Bonchev–Trinajstić information content (AvgIpc) is 3.17. The van der Waals surface area contributed by atoms with Crippen LogP contribution in [0.4, 0.5) is 11.4 Å². The second-order valence-electron chi connectivity index (χ2n) is 8.72. The van der Waals surface area contributed by atoms with E-state index in [9.17, 15) is 29.3 Å². The fourth-order valence-corrected chi connectivity index (χ4v) is 4.31. The van der Waals surface area contributed by atoms with Gasteiger partial charge in [-0.25, -0.2) is 4.90 Å². The monoisotopic (exact) mass is 535 g/mol. The van der Waals surface area contributed by atoms with Crippen molar-refractivity contribution in [1.82, 2.24) is 4.90 Å². The number of nitro benzene ring substituents is 1. The number of anilines is 1. The number of hydrogen-bond donors (Lipinski definition) is 0. The van der Waals surface area contributed by atoms with Gasteiger partial charge in [0.25, 0.3) is 17.5 Å². The van der Waals surface area contributed by atoms with Gasteiger partial charge >= 0.3 is 5.97 Å². The number of halogens is 1. The third kappa shape index (κ3) is 5.55. The lowest BCUT2D eigenvalue weighted by atomic mass is 10.1. The zero-order valence-corrected chi connectivity index (χ0v) is 21.2. The maximum atomic E-state index is 13.7. The molecule has 3 aromatic rings. The molecule has 0 aliphatic carbocycles. The van der Waals surface area contributed by atoms with E-state index in [2.05, 4.69) is 0 Å². The Bertz CT molecular complexity index is 1440. The number of ether oxygens (including phenoxy) is 1. The van der Waals surface area contributed by atoms with Crippen molar-refractivity contribution < 1.29 is 28.8 Å². The first-order valence-electron chi connectivity index (χ1n) is 11.5. The summed E-state index contributed by atoms with van der Waals surface area (Å²) in [5, 5.41) is 11.3. The summed E-state index contributed by atoms with van der Waals surface area (Å²) < 4.78 is 5.00. The van der Waals surface area contributed by atoms with Gasteiger partial charge < -0.3 is 9.64 Å². The fourth-order valence-electron chi connectivity index (χ4n) is 4.13. The number of carbonyl (C=O) groups excluding carboxylic acids is 4. The van der Waals surface area contributed by atoms with Crippen molar-refractivity contribution in [3.8, 4) is 5.75 Å². The van der Waals surface area contributed by atoms with Crippen LogP contribution >= 0.6 is 11.6 Å². The molecule has 0 N–H and O–H groups in total. The molecule has 1 fully saturated rings. The molecular formula is C27H22ClN3O7. The van der Waals surface area contributed by atoms with Crippen LogP contribution in [0.25, 0.3) is 0 Å². The van der Waals surface area contributed by atoms with Gasteiger partial charge in [-0.1, -0.05) is 41.4 Å². The Morgan fingerprint density at radius 2 is 1.74 bits per heavy atom. The van der Waals surface area contributed by atoms with Crippen LogP contribution in [0, 0.1) is 17.0 Å². The van der Waals surface area contributed by atoms with Crippen LogP contribution in [0.15, 0.2) is 66.7 Å². The predicted molar refractivity (Wildman–Crippen MR) is 138 cm³/mol. The number of nitrogens with zero attached hydrogens (tertiary/aromatic N) is 3. The Balaban J connectivity index is 1.69. The van der Waals surface area contributed by atoms with E-state index in [1.165, 1.54) is 48.2 Å². The summed E-state index contributed by atoms with van der Waals surface area (Å²) >= 11 is 5.92. The Morgan fingerprint density at radius 3 is 2.34 bits per heavy atom. The molecule has 1 aliphatic heterocycles. The van der Waals surface area contributed by atoms with Gasteiger partial charge in [0.15, 0.2) is 0 Å². The standard InChI is InChI=1S/C27H22ClN3O7/c1-16-3-5-18(6-4-16)15-29(26(34)19-7-12-22(28)23(13-19)31(36)37)24-14-25(33)30(27(24)35)20-8-10-21(11-9-20)38-17(2)32/h3-13,24H,14-15H2,1-2H3. The molecular weight excluding hydrogens is 514 g/mol. The zero-order chi connectivity index (χ0) is 27.6. The van der Waals surface area contributed by atoms with Gasteiger partial charge in [0.05, 0.1) is 17.0 Å². The van der Waals surface area contributed by atoms with E-state index in [0.717, 1.165) is 16.5 Å². The second kappa shape index (κ2) is 10.8. The molecule has 3 amide bonds. The number of aryl methyl sites for hydroxylation is 1. The van der Waals surface area contributed by atoms with Gasteiger partial charge in [0.1, 0.15) is 16.8 Å². The second-order valence-corrected chi connectivity index (χ2v) is 9.12. The maximum absolute atomic E-state index is 13.7. The largest absolute Gasteiger partial charge is 0.427 e. The van der Waals surface area contributed by atoms with E-state index in [4.69, 9.17) is 16.3 Å². The van der Waals surface area contributed by atoms with Gasteiger partial charge in [-0.05, 0) is 48.9 Å². The highest BCUT2D eigenvalue weighted by Gasteiger charge is 2.44. The molecule has 0 radical (unpaired) electrons. The van der Waals surface area contributed by atoms with Crippen molar-refractivity contribution in [1.29, 1.82) is 0 Å². The van der Waals surface area contributed by atoms with Gasteiger partial charge in [-0.15, -0.1) is 0 Å². The van der Waals surface area contributed by atoms with Crippen LogP contribution in [0.1, 0.15) is 34.8 Å². The van der Waals surface area contributed by atoms with Crippen LogP contribution in [-0.2, 0) is 20.9 Å². The Morgan fingerprint density at radius 1 is 1.08 bits per heavy atom. The highest BCUT2D eigenvalue weighted by molar-refractivity contribution is 6.32. The number of nitro groups is 1. The number of carbonyl (C=O) groups is 4. The van der Waals surface area contributed by atoms with E-state index in [0.29, 0.717) is 5.56 Å². The fraction of sp³-hybridized carbons (Fsp3) is 0.185. The quantitative estimate of drug-likeness (QED) is 0.144. The lowest BCUT2D eigenvalue weighted by Gasteiger charge is -2.28. The van der Waals surface area contributed by atoms with Crippen molar-refractivity contribution in [3.63, 3.8) is 0 Å². The topological polar surface area (TPSA) is 127 Å². The number of imide groups is 1. The first-order valence-corrected chi connectivity index (χ1v) is 11.9. The number of esters is 1. The van der Waals surface area contributed by atoms with Crippen molar-refractivity contribution in [3.05, 3.63) is 98.6 Å². The molecule has 1 unspecified atom stereocenters. The van der Waals surface area contributed by atoms with Crippen LogP contribution in [0.3, 0.4) is 0 Å². The normalized spacial score (nSPS) is 14.9. The molecule has 0 aromatic heterocycles. The molecule has 38 heavy (non-hydrogen) atoms. The molecule has 194 valence electrons. The Hall–Kier alpha value is -4.57. The molecule has 3 aromatic carbocycles. The molecule has 1 aliphatic rings. The lowest BCUT2D eigenvalue weighted by molar-refractivity contribution is -0.384. The molecule has 10 nitrogen and oxygen atoms in total. The minimum absolute atomic E-state index is 0.0154. The van der Waals surface area contributed by atoms with E-state index in [1.54, 1.807) is 12.1 Å². The summed E-state index contributed by atoms with van der Waals surface area (Å²) in [6.45, 7) is 3.14. The van der Waals surface area contributed by atoms with Gasteiger partial charge in [-0.2, -0.15) is 0 Å². The molecule has 4 rings (SSSR count). The summed E-state index contributed by atoms with van der Waals surface area (Å²) in [6, 6.07) is 15.6. The minimum Gasteiger partial charge on any atom is -0.427 e. The summed E-state index contributed by atoms with van der Waals surface area (Å²) in [4.78, 5) is 64.3. The van der Waals surface area contributed by atoms with Crippen LogP contribution in [0.2, 0.25) is 5.02 Å². The van der Waals surface area contributed by atoms with E-state index in [-0.39, 0.29) is 35.0 Å². The van der Waals surface area contributed by atoms with Crippen molar-refractivity contribution in [2.24, 2.45) is 0 Å². The van der Waals surface area contributed by atoms with Crippen molar-refractivity contribution in [2.75, 3.05) is 4.90 Å². The highest BCUT2D eigenvalue weighted by Crippen LogP contribution is 2.31. The first-order chi connectivity index (χ1) is 18.0. The number of rotatable bonds is 7. The van der Waals surface area contributed by atoms with Gasteiger partial charge in [0, 0.05) is 25.1 Å². The van der Waals surface area contributed by atoms with E-state index >= 15 is 0 Å². The van der Waals surface area contributed by atoms with Crippen LogP contribution in [-0.4, -0.2) is 39.6 Å².